The van der Waals surface area contributed by atoms with Crippen LogP contribution in [-0.4, -0.2) is 31.6 Å². The van der Waals surface area contributed by atoms with E-state index in [1.54, 1.807) is 0 Å². The molecule has 1 heterocycles. The predicted octanol–water partition coefficient (Wildman–Crippen LogP) is 4.09. The fraction of sp³-hybridized carbons (Fsp3) is 0.842. The number of carbonyl (C=O) groups excluding carboxylic acids is 1. The first-order valence-electron chi connectivity index (χ1n) is 9.20. The molecule has 1 saturated carbocycles. The molecule has 4 heteroatoms. The molecule has 2 rings (SSSR count). The quantitative estimate of drug-likeness (QED) is 0.522. The van der Waals surface area contributed by atoms with Crippen molar-refractivity contribution in [1.29, 1.82) is 0 Å². The summed E-state index contributed by atoms with van der Waals surface area (Å²) in [5.41, 5.74) is 0. The highest BCUT2D eigenvalue weighted by Gasteiger charge is 2.28. The third kappa shape index (κ3) is 5.92. The largest absolute Gasteiger partial charge is 0.463 e. The number of rotatable bonds is 7. The minimum atomic E-state index is -0.520. The molecule has 0 amide bonds. The van der Waals surface area contributed by atoms with Crippen LogP contribution in [0.15, 0.2) is 12.2 Å². The molecule has 1 aliphatic heterocycles. The molecule has 0 saturated heterocycles. The molecule has 0 N–H and O–H groups in total. The van der Waals surface area contributed by atoms with Crippen LogP contribution in [0.4, 0.5) is 0 Å². The summed E-state index contributed by atoms with van der Waals surface area (Å²) >= 11 is 0. The van der Waals surface area contributed by atoms with Crippen molar-refractivity contribution in [2.24, 2.45) is 17.8 Å². The first kappa shape index (κ1) is 18.5. The zero-order valence-corrected chi connectivity index (χ0v) is 14.8. The Morgan fingerprint density at radius 2 is 2.00 bits per heavy atom. The summed E-state index contributed by atoms with van der Waals surface area (Å²) in [5.74, 6) is 1.87. The van der Waals surface area contributed by atoms with E-state index in [1.807, 2.05) is 19.1 Å². The third-order valence-electron chi connectivity index (χ3n) is 4.99. The molecule has 132 valence electrons. The highest BCUT2D eigenvalue weighted by Crippen LogP contribution is 2.33. The maximum atomic E-state index is 12.2. The van der Waals surface area contributed by atoms with Gasteiger partial charge in [0.15, 0.2) is 12.4 Å². The van der Waals surface area contributed by atoms with Gasteiger partial charge >= 0.3 is 5.97 Å². The Morgan fingerprint density at radius 3 is 2.65 bits per heavy atom. The molecule has 0 spiro atoms. The minimum absolute atomic E-state index is 0.245. The standard InChI is InChI=1S/C19H32O4/c1-4-12-21-18-7-5-6-17(23-18)19(20)22-13-15-8-10-16(11-9-15)14(2)3/h5,7,14-18H,4,6,8-13H2,1-3H3. The molecular weight excluding hydrogens is 292 g/mol. The van der Waals surface area contributed by atoms with E-state index in [1.165, 1.54) is 25.7 Å². The van der Waals surface area contributed by atoms with Gasteiger partial charge in [-0.25, -0.2) is 4.79 Å². The van der Waals surface area contributed by atoms with Gasteiger partial charge in [0, 0.05) is 13.0 Å². The van der Waals surface area contributed by atoms with Gasteiger partial charge in [-0.05, 0) is 55.9 Å². The molecular formula is C19H32O4. The Labute approximate surface area is 140 Å². The summed E-state index contributed by atoms with van der Waals surface area (Å²) in [6.07, 6.45) is 9.25. The Bertz CT molecular complexity index is 383. The van der Waals surface area contributed by atoms with E-state index in [2.05, 4.69) is 13.8 Å². The summed E-state index contributed by atoms with van der Waals surface area (Å²) in [5, 5.41) is 0. The summed E-state index contributed by atoms with van der Waals surface area (Å²) in [7, 11) is 0. The van der Waals surface area contributed by atoms with Gasteiger partial charge in [0.25, 0.3) is 0 Å². The smallest absolute Gasteiger partial charge is 0.335 e. The first-order valence-corrected chi connectivity index (χ1v) is 9.20. The van der Waals surface area contributed by atoms with Gasteiger partial charge in [-0.15, -0.1) is 0 Å². The average molecular weight is 324 g/mol. The number of hydrogen-bond donors (Lipinski definition) is 0. The van der Waals surface area contributed by atoms with E-state index in [0.717, 1.165) is 18.3 Å². The van der Waals surface area contributed by atoms with Gasteiger partial charge in [0.2, 0.25) is 0 Å². The van der Waals surface area contributed by atoms with Gasteiger partial charge in [-0.2, -0.15) is 0 Å². The Balaban J connectivity index is 1.68. The normalized spacial score (nSPS) is 31.3. The third-order valence-corrected chi connectivity index (χ3v) is 4.99. The van der Waals surface area contributed by atoms with Crippen molar-refractivity contribution >= 4 is 5.97 Å². The summed E-state index contributed by atoms with van der Waals surface area (Å²) < 4.78 is 16.7. The van der Waals surface area contributed by atoms with Gasteiger partial charge in [0.1, 0.15) is 0 Å². The predicted molar refractivity (Wildman–Crippen MR) is 89.9 cm³/mol. The second-order valence-electron chi connectivity index (χ2n) is 7.18. The molecule has 23 heavy (non-hydrogen) atoms. The molecule has 2 atom stereocenters. The van der Waals surface area contributed by atoms with E-state index >= 15 is 0 Å². The first-order chi connectivity index (χ1) is 11.1. The van der Waals surface area contributed by atoms with Gasteiger partial charge in [-0.1, -0.05) is 26.8 Å². The zero-order valence-electron chi connectivity index (χ0n) is 14.8. The van der Waals surface area contributed by atoms with Crippen LogP contribution in [0.25, 0.3) is 0 Å². The maximum absolute atomic E-state index is 12.2. The van der Waals surface area contributed by atoms with Crippen LogP contribution in [-0.2, 0) is 19.0 Å². The lowest BCUT2D eigenvalue weighted by Gasteiger charge is -2.31. The van der Waals surface area contributed by atoms with Gasteiger partial charge < -0.3 is 14.2 Å². The fourth-order valence-corrected chi connectivity index (χ4v) is 3.37. The molecule has 1 fully saturated rings. The van der Waals surface area contributed by atoms with Crippen LogP contribution in [0, 0.1) is 17.8 Å². The highest BCUT2D eigenvalue weighted by atomic mass is 16.7. The average Bonchev–Trinajstić information content (AvgIpc) is 2.58. The Morgan fingerprint density at radius 1 is 1.26 bits per heavy atom. The molecule has 2 unspecified atom stereocenters. The molecule has 4 nitrogen and oxygen atoms in total. The van der Waals surface area contributed by atoms with Crippen LogP contribution >= 0.6 is 0 Å². The Kier molecular flexibility index (Phi) is 7.57. The monoisotopic (exact) mass is 324 g/mol. The lowest BCUT2D eigenvalue weighted by molar-refractivity contribution is -0.184. The van der Waals surface area contributed by atoms with Crippen molar-refractivity contribution in [1.82, 2.24) is 0 Å². The van der Waals surface area contributed by atoms with Crippen LogP contribution < -0.4 is 0 Å². The van der Waals surface area contributed by atoms with Crippen molar-refractivity contribution in [3.8, 4) is 0 Å². The van der Waals surface area contributed by atoms with Crippen molar-refractivity contribution in [2.75, 3.05) is 13.2 Å². The molecule has 0 bridgehead atoms. The van der Waals surface area contributed by atoms with Gasteiger partial charge in [0.05, 0.1) is 6.61 Å². The summed E-state index contributed by atoms with van der Waals surface area (Å²) in [4.78, 5) is 12.2. The van der Waals surface area contributed by atoms with E-state index in [4.69, 9.17) is 14.2 Å². The number of esters is 1. The van der Waals surface area contributed by atoms with Crippen LogP contribution in [0.5, 0.6) is 0 Å². The van der Waals surface area contributed by atoms with Crippen LogP contribution in [0.1, 0.15) is 59.3 Å². The van der Waals surface area contributed by atoms with E-state index < -0.39 is 12.4 Å². The van der Waals surface area contributed by atoms with Crippen molar-refractivity contribution in [3.05, 3.63) is 12.2 Å². The lowest BCUT2D eigenvalue weighted by Crippen LogP contribution is -2.35. The van der Waals surface area contributed by atoms with E-state index in [0.29, 0.717) is 25.6 Å². The fourth-order valence-electron chi connectivity index (χ4n) is 3.37. The minimum Gasteiger partial charge on any atom is -0.463 e. The molecule has 0 radical (unpaired) electrons. The van der Waals surface area contributed by atoms with Crippen molar-refractivity contribution in [2.45, 2.75) is 71.7 Å². The SMILES string of the molecule is CCCOC1C=CCC(C(=O)OCC2CCC(C(C)C)CC2)O1. The molecule has 2 aliphatic rings. The lowest BCUT2D eigenvalue weighted by atomic mass is 9.77. The second-order valence-corrected chi connectivity index (χ2v) is 7.18. The highest BCUT2D eigenvalue weighted by molar-refractivity contribution is 5.75. The van der Waals surface area contributed by atoms with Crippen LogP contribution in [0.3, 0.4) is 0 Å². The number of carbonyl (C=O) groups is 1. The van der Waals surface area contributed by atoms with Gasteiger partial charge in [-0.3, -0.25) is 0 Å². The van der Waals surface area contributed by atoms with Crippen molar-refractivity contribution in [3.63, 3.8) is 0 Å². The zero-order chi connectivity index (χ0) is 16.7. The van der Waals surface area contributed by atoms with E-state index in [-0.39, 0.29) is 5.97 Å². The number of hydrogen-bond acceptors (Lipinski definition) is 4. The number of ether oxygens (including phenoxy) is 3. The molecule has 0 aromatic heterocycles. The van der Waals surface area contributed by atoms with Crippen LogP contribution in [0.2, 0.25) is 0 Å². The molecule has 0 aromatic rings. The summed E-state index contributed by atoms with van der Waals surface area (Å²) in [6, 6.07) is 0. The van der Waals surface area contributed by atoms with Crippen molar-refractivity contribution < 1.29 is 19.0 Å². The molecule has 1 aliphatic carbocycles. The second kappa shape index (κ2) is 9.43. The Hall–Kier alpha value is -0.870. The summed E-state index contributed by atoms with van der Waals surface area (Å²) in [6.45, 7) is 7.82. The molecule has 0 aromatic carbocycles. The maximum Gasteiger partial charge on any atom is 0.335 e. The van der Waals surface area contributed by atoms with E-state index in [9.17, 15) is 4.79 Å². The topological polar surface area (TPSA) is 44.8 Å².